The third-order valence-corrected chi connectivity index (χ3v) is 6.56. The van der Waals surface area contributed by atoms with Crippen LogP contribution in [-0.2, 0) is 17.8 Å². The van der Waals surface area contributed by atoms with Crippen LogP contribution < -0.4 is 4.90 Å². The van der Waals surface area contributed by atoms with E-state index in [-0.39, 0.29) is 11.7 Å². The lowest BCUT2D eigenvalue weighted by atomic mass is 10.1. The van der Waals surface area contributed by atoms with Gasteiger partial charge in [-0.25, -0.2) is 9.07 Å². The smallest absolute Gasteiger partial charge is 0.240 e. The highest BCUT2D eigenvalue weighted by molar-refractivity contribution is 6.30. The zero-order chi connectivity index (χ0) is 25.0. The van der Waals surface area contributed by atoms with Crippen molar-refractivity contribution in [1.29, 1.82) is 0 Å². The summed E-state index contributed by atoms with van der Waals surface area (Å²) in [5.41, 5.74) is 2.82. The van der Waals surface area contributed by atoms with Crippen LogP contribution in [0.4, 0.5) is 10.2 Å². The average Bonchev–Trinajstić information content (AvgIpc) is 3.16. The zero-order valence-corrected chi connectivity index (χ0v) is 22.1. The van der Waals surface area contributed by atoms with Crippen LogP contribution >= 0.6 is 11.6 Å². The van der Waals surface area contributed by atoms with E-state index in [1.807, 2.05) is 9.58 Å². The highest BCUT2D eigenvalue weighted by Gasteiger charge is 2.30. The van der Waals surface area contributed by atoms with Crippen molar-refractivity contribution >= 4 is 23.3 Å². The van der Waals surface area contributed by atoms with Crippen molar-refractivity contribution in [3.63, 3.8) is 0 Å². The molecule has 0 bridgehead atoms. The van der Waals surface area contributed by atoms with Gasteiger partial charge < -0.3 is 9.80 Å². The Morgan fingerprint density at radius 3 is 2.21 bits per heavy atom. The predicted octanol–water partition coefficient (Wildman–Crippen LogP) is 4.72. The first-order valence-electron chi connectivity index (χ1n) is 12.4. The molecule has 0 spiro atoms. The highest BCUT2D eigenvalue weighted by Crippen LogP contribution is 2.31. The van der Waals surface area contributed by atoms with Crippen LogP contribution in [0.1, 0.15) is 52.8 Å². The largest absolute Gasteiger partial charge is 0.354 e. The second kappa shape index (κ2) is 11.5. The number of benzene rings is 1. The molecule has 8 heteroatoms. The SMILES string of the molecule is CCc1nn(-c2ccc(F)cc2)c(N2CCN(C(C)C)CC2)c1CN(CC(C)C)C(=O)[C@@H](C)Cl. The minimum atomic E-state index is -0.589. The third kappa shape index (κ3) is 6.11. The van der Waals surface area contributed by atoms with E-state index in [1.54, 1.807) is 19.1 Å². The molecule has 6 nitrogen and oxygen atoms in total. The first-order valence-corrected chi connectivity index (χ1v) is 12.8. The first kappa shape index (κ1) is 26.5. The fraction of sp³-hybridized carbons (Fsp3) is 0.615. The lowest BCUT2D eigenvalue weighted by Crippen LogP contribution is -2.49. The Kier molecular flexibility index (Phi) is 8.99. The molecule has 1 aliphatic rings. The Hall–Kier alpha value is -2.12. The number of hydrogen-bond donors (Lipinski definition) is 0. The van der Waals surface area contributed by atoms with Crippen molar-refractivity contribution in [1.82, 2.24) is 19.6 Å². The van der Waals surface area contributed by atoms with E-state index in [2.05, 4.69) is 44.4 Å². The van der Waals surface area contributed by atoms with Gasteiger partial charge >= 0.3 is 0 Å². The minimum Gasteiger partial charge on any atom is -0.354 e. The Morgan fingerprint density at radius 2 is 1.71 bits per heavy atom. The number of rotatable bonds is 9. The fourth-order valence-corrected chi connectivity index (χ4v) is 4.72. The predicted molar refractivity (Wildman–Crippen MR) is 137 cm³/mol. The molecule has 0 N–H and O–H groups in total. The lowest BCUT2D eigenvalue weighted by Gasteiger charge is -2.39. The van der Waals surface area contributed by atoms with Crippen LogP contribution in [-0.4, -0.2) is 69.6 Å². The highest BCUT2D eigenvalue weighted by atomic mass is 35.5. The van der Waals surface area contributed by atoms with E-state index in [9.17, 15) is 9.18 Å². The summed E-state index contributed by atoms with van der Waals surface area (Å²) in [7, 11) is 0. The van der Waals surface area contributed by atoms with E-state index < -0.39 is 5.38 Å². The molecular formula is C26H39ClFN5O. The van der Waals surface area contributed by atoms with E-state index in [1.165, 1.54) is 12.1 Å². The number of anilines is 1. The molecule has 1 amide bonds. The first-order chi connectivity index (χ1) is 16.1. The minimum absolute atomic E-state index is 0.0671. The summed E-state index contributed by atoms with van der Waals surface area (Å²) in [4.78, 5) is 19.7. The number of nitrogens with zero attached hydrogens (tertiary/aromatic N) is 5. The Morgan fingerprint density at radius 1 is 1.09 bits per heavy atom. The number of alkyl halides is 1. The standard InChI is InChI=1S/C26H39ClFN5O/c1-7-24-23(17-32(16-18(2)3)26(34)20(6)27)25(31-14-12-30(13-15-31)19(4)5)33(29-24)22-10-8-21(28)9-11-22/h8-11,18-20H,7,12-17H2,1-6H3/t20-/m1/s1. The van der Waals surface area contributed by atoms with Gasteiger partial charge in [-0.1, -0.05) is 20.8 Å². The monoisotopic (exact) mass is 491 g/mol. The van der Waals surface area contributed by atoms with Crippen molar-refractivity contribution in [3.05, 3.63) is 41.3 Å². The Labute approximate surface area is 208 Å². The van der Waals surface area contributed by atoms with Crippen molar-refractivity contribution < 1.29 is 9.18 Å². The molecular weight excluding hydrogens is 453 g/mol. The molecule has 3 rings (SSSR count). The Balaban J connectivity index is 2.08. The molecule has 34 heavy (non-hydrogen) atoms. The van der Waals surface area contributed by atoms with Gasteiger partial charge in [0.05, 0.1) is 17.9 Å². The van der Waals surface area contributed by atoms with Gasteiger partial charge in [-0.15, -0.1) is 11.6 Å². The lowest BCUT2D eigenvalue weighted by molar-refractivity contribution is -0.131. The van der Waals surface area contributed by atoms with Crippen LogP contribution in [0.15, 0.2) is 24.3 Å². The summed E-state index contributed by atoms with van der Waals surface area (Å²) >= 11 is 6.23. The fourth-order valence-electron chi connectivity index (χ4n) is 4.58. The molecule has 188 valence electrons. The van der Waals surface area contributed by atoms with Crippen molar-refractivity contribution in [2.75, 3.05) is 37.6 Å². The van der Waals surface area contributed by atoms with Gasteiger partial charge in [0.25, 0.3) is 0 Å². The maximum Gasteiger partial charge on any atom is 0.240 e. The topological polar surface area (TPSA) is 44.6 Å². The second-order valence-electron chi connectivity index (χ2n) is 9.84. The van der Waals surface area contributed by atoms with E-state index in [0.717, 1.165) is 55.4 Å². The number of carbonyl (C=O) groups excluding carboxylic acids is 1. The van der Waals surface area contributed by atoms with Gasteiger partial charge in [-0.3, -0.25) is 9.69 Å². The molecule has 1 atom stereocenters. The Bertz CT molecular complexity index is 949. The normalized spacial score (nSPS) is 15.9. The molecule has 2 aromatic rings. The van der Waals surface area contributed by atoms with E-state index in [0.29, 0.717) is 25.0 Å². The van der Waals surface area contributed by atoms with Crippen LogP contribution in [0, 0.1) is 11.7 Å². The van der Waals surface area contributed by atoms with Crippen LogP contribution in [0.5, 0.6) is 0 Å². The van der Waals surface area contributed by atoms with E-state index in [4.69, 9.17) is 16.7 Å². The summed E-state index contributed by atoms with van der Waals surface area (Å²) in [5, 5.41) is 4.37. The molecule has 0 saturated carbocycles. The zero-order valence-electron chi connectivity index (χ0n) is 21.4. The molecule has 0 radical (unpaired) electrons. The van der Waals surface area contributed by atoms with Gasteiger partial charge in [-0.2, -0.15) is 5.10 Å². The number of hydrogen-bond acceptors (Lipinski definition) is 4. The quantitative estimate of drug-likeness (QED) is 0.476. The molecule has 0 aliphatic carbocycles. The second-order valence-corrected chi connectivity index (χ2v) is 10.5. The molecule has 1 fully saturated rings. The molecule has 0 unspecified atom stereocenters. The number of carbonyl (C=O) groups is 1. The molecule has 1 aromatic heterocycles. The molecule has 1 aromatic carbocycles. The summed E-state index contributed by atoms with van der Waals surface area (Å²) < 4.78 is 15.6. The number of halogens is 2. The van der Waals surface area contributed by atoms with Crippen LogP contribution in [0.3, 0.4) is 0 Å². The van der Waals surface area contributed by atoms with Gasteiger partial charge in [0.2, 0.25) is 5.91 Å². The maximum atomic E-state index is 13.7. The van der Waals surface area contributed by atoms with Gasteiger partial charge in [-0.05, 0) is 57.4 Å². The summed E-state index contributed by atoms with van der Waals surface area (Å²) in [6.45, 7) is 17.2. The van der Waals surface area contributed by atoms with Crippen molar-refractivity contribution in [3.8, 4) is 5.69 Å². The summed E-state index contributed by atoms with van der Waals surface area (Å²) in [5.74, 6) is 0.969. The number of piperazine rings is 1. The molecule has 1 saturated heterocycles. The number of amides is 1. The van der Waals surface area contributed by atoms with Gasteiger partial charge in [0, 0.05) is 44.3 Å². The van der Waals surface area contributed by atoms with Crippen LogP contribution in [0.25, 0.3) is 5.69 Å². The summed E-state index contributed by atoms with van der Waals surface area (Å²) in [6, 6.07) is 6.95. The number of aromatic nitrogens is 2. The maximum absolute atomic E-state index is 13.7. The average molecular weight is 492 g/mol. The molecule has 2 heterocycles. The molecule has 1 aliphatic heterocycles. The van der Waals surface area contributed by atoms with E-state index >= 15 is 0 Å². The van der Waals surface area contributed by atoms with Crippen molar-refractivity contribution in [2.45, 2.75) is 65.9 Å². The third-order valence-electron chi connectivity index (χ3n) is 6.38. The van der Waals surface area contributed by atoms with Gasteiger partial charge in [0.15, 0.2) is 0 Å². The van der Waals surface area contributed by atoms with Crippen LogP contribution in [0.2, 0.25) is 0 Å². The number of aryl methyl sites for hydroxylation is 1. The summed E-state index contributed by atoms with van der Waals surface area (Å²) in [6.07, 6.45) is 0.739. The van der Waals surface area contributed by atoms with Crippen molar-refractivity contribution in [2.24, 2.45) is 5.92 Å². The van der Waals surface area contributed by atoms with Gasteiger partial charge in [0.1, 0.15) is 17.0 Å².